The molecule has 33 heavy (non-hydrogen) atoms. The maximum absolute atomic E-state index is 12.8. The number of benzene rings is 2. The monoisotopic (exact) mass is 467 g/mol. The normalized spacial score (nSPS) is 14.7. The Balaban J connectivity index is 1.28. The predicted octanol–water partition coefficient (Wildman–Crippen LogP) is 3.11. The van der Waals surface area contributed by atoms with Crippen molar-refractivity contribution < 1.29 is 13.2 Å². The Hall–Kier alpha value is -3.17. The third kappa shape index (κ3) is 6.00. The Morgan fingerprint density at radius 2 is 1.58 bits per heavy atom. The molecule has 174 valence electrons. The summed E-state index contributed by atoms with van der Waals surface area (Å²) in [5.41, 5.74) is 2.95. The van der Waals surface area contributed by atoms with Crippen molar-refractivity contribution in [3.05, 3.63) is 83.7 Å². The van der Waals surface area contributed by atoms with Crippen LogP contribution >= 0.6 is 0 Å². The number of nitrogens with one attached hydrogen (secondary N) is 2. The molecule has 1 aliphatic heterocycles. The second kappa shape index (κ2) is 10.6. The molecule has 2 aromatic carbocycles. The Bertz CT molecular complexity index is 1160. The molecular weight excluding hydrogens is 438 g/mol. The number of sulfonamides is 1. The fourth-order valence-corrected chi connectivity index (χ4v) is 5.42. The molecule has 9 heteroatoms. The third-order valence-corrected chi connectivity index (χ3v) is 7.69. The van der Waals surface area contributed by atoms with E-state index in [4.69, 9.17) is 0 Å². The van der Waals surface area contributed by atoms with Crippen molar-refractivity contribution in [3.8, 4) is 0 Å². The number of amides is 2. The second-order valence-electron chi connectivity index (χ2n) is 8.12. The lowest BCUT2D eigenvalue weighted by Crippen LogP contribution is -2.35. The minimum Gasteiger partial charge on any atom is -0.334 e. The van der Waals surface area contributed by atoms with E-state index in [2.05, 4.69) is 15.7 Å². The van der Waals surface area contributed by atoms with Crippen LogP contribution in [0.4, 0.5) is 4.79 Å². The summed E-state index contributed by atoms with van der Waals surface area (Å²) < 4.78 is 28.9. The summed E-state index contributed by atoms with van der Waals surface area (Å²) in [6.45, 7) is 2.51. The lowest BCUT2D eigenvalue weighted by atomic mass is 10.1. The van der Waals surface area contributed by atoms with Gasteiger partial charge in [-0.3, -0.25) is 4.68 Å². The smallest absolute Gasteiger partial charge is 0.315 e. The molecule has 3 aromatic rings. The number of carbonyl (C=O) groups is 1. The topological polar surface area (TPSA) is 96.3 Å². The first-order chi connectivity index (χ1) is 16.0. The van der Waals surface area contributed by atoms with Crippen molar-refractivity contribution in [3.63, 3.8) is 0 Å². The number of nitrogens with zero attached hydrogens (tertiary/aromatic N) is 3. The van der Waals surface area contributed by atoms with Gasteiger partial charge < -0.3 is 10.6 Å². The van der Waals surface area contributed by atoms with Gasteiger partial charge in [0, 0.05) is 38.6 Å². The molecule has 2 heterocycles. The molecule has 1 fully saturated rings. The number of carbonyl (C=O) groups excluding carboxylic acids is 1. The number of hydrogen-bond acceptors (Lipinski definition) is 4. The van der Waals surface area contributed by atoms with Gasteiger partial charge in [-0.25, -0.2) is 13.2 Å². The Kier molecular flexibility index (Phi) is 7.41. The highest BCUT2D eigenvalue weighted by Crippen LogP contribution is 2.20. The highest BCUT2D eigenvalue weighted by Gasteiger charge is 2.25. The van der Waals surface area contributed by atoms with Gasteiger partial charge in [-0.2, -0.15) is 9.40 Å². The van der Waals surface area contributed by atoms with Crippen LogP contribution in [0.25, 0.3) is 0 Å². The van der Waals surface area contributed by atoms with Crippen molar-refractivity contribution in [2.75, 3.05) is 13.1 Å². The first kappa shape index (κ1) is 23.0. The highest BCUT2D eigenvalue weighted by molar-refractivity contribution is 7.89. The molecule has 0 atom stereocenters. The SMILES string of the molecule is O=C(NCc1ccc(S(=O)(=O)N2CCCCC2)cc1)NCc1ccccc1Cn1cccn1. The molecule has 0 saturated carbocycles. The second-order valence-corrected chi connectivity index (χ2v) is 10.1. The molecule has 0 spiro atoms. The van der Waals surface area contributed by atoms with Crippen LogP contribution in [0.1, 0.15) is 36.0 Å². The van der Waals surface area contributed by atoms with Crippen molar-refractivity contribution in [1.29, 1.82) is 0 Å². The molecular formula is C24H29N5O3S. The zero-order valence-corrected chi connectivity index (χ0v) is 19.3. The minimum atomic E-state index is -3.44. The largest absolute Gasteiger partial charge is 0.334 e. The molecule has 0 unspecified atom stereocenters. The maximum atomic E-state index is 12.8. The van der Waals surface area contributed by atoms with E-state index in [0.717, 1.165) is 36.0 Å². The molecule has 1 aliphatic rings. The fraction of sp³-hybridized carbons (Fsp3) is 0.333. The van der Waals surface area contributed by atoms with Crippen LogP contribution in [-0.2, 0) is 29.7 Å². The van der Waals surface area contributed by atoms with Crippen molar-refractivity contribution >= 4 is 16.1 Å². The standard InChI is InChI=1S/C24H29N5O3S/c30-24(26-18-21-7-2-3-8-22(21)19-28-14-6-13-27-28)25-17-20-9-11-23(12-10-20)33(31,32)29-15-4-1-5-16-29/h2-3,6-14H,1,4-5,15-19H2,(H2,25,26,30). The number of urea groups is 1. The van der Waals surface area contributed by atoms with Gasteiger partial charge in [-0.05, 0) is 47.7 Å². The molecule has 4 rings (SSSR count). The summed E-state index contributed by atoms with van der Waals surface area (Å²) in [5, 5.41) is 9.95. The number of aromatic nitrogens is 2. The van der Waals surface area contributed by atoms with E-state index in [1.807, 2.05) is 41.2 Å². The average molecular weight is 468 g/mol. The lowest BCUT2D eigenvalue weighted by molar-refractivity contribution is 0.240. The summed E-state index contributed by atoms with van der Waals surface area (Å²) in [6.07, 6.45) is 6.53. The van der Waals surface area contributed by atoms with Crippen molar-refractivity contribution in [2.45, 2.75) is 43.8 Å². The van der Waals surface area contributed by atoms with Gasteiger partial charge in [0.2, 0.25) is 10.0 Å². The lowest BCUT2D eigenvalue weighted by Gasteiger charge is -2.25. The zero-order valence-electron chi connectivity index (χ0n) is 18.5. The molecule has 1 saturated heterocycles. The summed E-state index contributed by atoms with van der Waals surface area (Å²) >= 11 is 0. The van der Waals surface area contributed by atoms with Gasteiger partial charge in [0.15, 0.2) is 0 Å². The van der Waals surface area contributed by atoms with Crippen LogP contribution in [0.15, 0.2) is 71.9 Å². The van der Waals surface area contributed by atoms with Crippen molar-refractivity contribution in [1.82, 2.24) is 24.7 Å². The summed E-state index contributed by atoms with van der Waals surface area (Å²) in [5.74, 6) is 0. The van der Waals surface area contributed by atoms with Crippen molar-refractivity contribution in [2.24, 2.45) is 0 Å². The molecule has 0 radical (unpaired) electrons. The Labute approximate surface area is 194 Å². The van der Waals surface area contributed by atoms with Crippen LogP contribution in [0, 0.1) is 0 Å². The highest BCUT2D eigenvalue weighted by atomic mass is 32.2. The first-order valence-corrected chi connectivity index (χ1v) is 12.6. The van der Waals surface area contributed by atoms with Gasteiger partial charge in [0.1, 0.15) is 0 Å². The summed E-state index contributed by atoms with van der Waals surface area (Å²) in [6, 6.07) is 16.2. The van der Waals surface area contributed by atoms with Crippen LogP contribution in [-0.4, -0.2) is 41.6 Å². The Morgan fingerprint density at radius 3 is 2.27 bits per heavy atom. The molecule has 1 aromatic heterocycles. The van der Waals surface area contributed by atoms with Crippen LogP contribution < -0.4 is 10.6 Å². The van der Waals surface area contributed by atoms with Crippen LogP contribution in [0.5, 0.6) is 0 Å². The molecule has 8 nitrogen and oxygen atoms in total. The van der Waals surface area contributed by atoms with E-state index in [-0.39, 0.29) is 6.03 Å². The van der Waals surface area contributed by atoms with E-state index in [9.17, 15) is 13.2 Å². The fourth-order valence-electron chi connectivity index (χ4n) is 3.91. The maximum Gasteiger partial charge on any atom is 0.315 e. The van der Waals surface area contributed by atoms with E-state index in [1.165, 1.54) is 0 Å². The van der Waals surface area contributed by atoms with Crippen LogP contribution in [0.2, 0.25) is 0 Å². The van der Waals surface area contributed by atoms with E-state index in [0.29, 0.717) is 37.6 Å². The molecule has 2 N–H and O–H groups in total. The van der Waals surface area contributed by atoms with Gasteiger partial charge in [-0.1, -0.05) is 42.8 Å². The average Bonchev–Trinajstić information content (AvgIpc) is 3.36. The third-order valence-electron chi connectivity index (χ3n) is 5.78. The number of hydrogen-bond donors (Lipinski definition) is 2. The van der Waals surface area contributed by atoms with E-state index in [1.54, 1.807) is 34.8 Å². The zero-order chi connectivity index (χ0) is 23.1. The van der Waals surface area contributed by atoms with Gasteiger partial charge in [0.25, 0.3) is 0 Å². The van der Waals surface area contributed by atoms with Gasteiger partial charge in [-0.15, -0.1) is 0 Å². The summed E-state index contributed by atoms with van der Waals surface area (Å²) in [4.78, 5) is 12.6. The number of piperidine rings is 1. The van der Waals surface area contributed by atoms with Gasteiger partial charge >= 0.3 is 6.03 Å². The molecule has 2 amide bonds. The summed E-state index contributed by atoms with van der Waals surface area (Å²) in [7, 11) is -3.44. The van der Waals surface area contributed by atoms with E-state index >= 15 is 0 Å². The molecule has 0 bridgehead atoms. The quantitative estimate of drug-likeness (QED) is 0.532. The predicted molar refractivity (Wildman–Crippen MR) is 126 cm³/mol. The molecule has 0 aliphatic carbocycles. The van der Waals surface area contributed by atoms with Crippen LogP contribution in [0.3, 0.4) is 0 Å². The van der Waals surface area contributed by atoms with Gasteiger partial charge in [0.05, 0.1) is 11.4 Å². The number of rotatable bonds is 8. The first-order valence-electron chi connectivity index (χ1n) is 11.2. The Morgan fingerprint density at radius 1 is 0.879 bits per heavy atom. The minimum absolute atomic E-state index is 0.283. The van der Waals surface area contributed by atoms with E-state index < -0.39 is 10.0 Å².